The van der Waals surface area contributed by atoms with Gasteiger partial charge in [-0.3, -0.25) is 0 Å². The zero-order chi connectivity index (χ0) is 24.1. The van der Waals surface area contributed by atoms with Crippen LogP contribution in [0.2, 0.25) is 5.02 Å². The Hall–Kier alpha value is -2.33. The molecule has 1 saturated heterocycles. The molecule has 0 spiro atoms. The van der Waals surface area contributed by atoms with Gasteiger partial charge in [-0.1, -0.05) is 80.0 Å². The predicted octanol–water partition coefficient (Wildman–Crippen LogP) is 7.65. The highest BCUT2D eigenvalue weighted by molar-refractivity contribution is 6.31. The monoisotopic (exact) mass is 478 g/mol. The molecule has 3 aromatic rings. The van der Waals surface area contributed by atoms with E-state index in [1.54, 1.807) is 0 Å². The fourth-order valence-electron chi connectivity index (χ4n) is 4.71. The van der Waals surface area contributed by atoms with Crippen LogP contribution in [0.15, 0.2) is 72.8 Å². The lowest BCUT2D eigenvalue weighted by molar-refractivity contribution is -0.188. The normalized spacial score (nSPS) is 24.7. The van der Waals surface area contributed by atoms with Crippen molar-refractivity contribution >= 4 is 11.6 Å². The summed E-state index contributed by atoms with van der Waals surface area (Å²) in [5, 5.41) is 0.768. The summed E-state index contributed by atoms with van der Waals surface area (Å²) in [4.78, 5) is 0. The summed E-state index contributed by atoms with van der Waals surface area (Å²) >= 11 is 6.63. The fraction of sp³-hybridized carbons (Fsp3) is 0.400. The third-order valence-electron chi connectivity index (χ3n) is 7.06. The quantitative estimate of drug-likeness (QED) is 0.332. The number of benzene rings is 3. The first-order valence-electron chi connectivity index (χ1n) is 12.3. The maximum absolute atomic E-state index is 6.63. The molecule has 0 saturated carbocycles. The zero-order valence-corrected chi connectivity index (χ0v) is 21.3. The van der Waals surface area contributed by atoms with Crippen LogP contribution in [0.3, 0.4) is 0 Å². The van der Waals surface area contributed by atoms with Crippen molar-refractivity contribution in [2.75, 3.05) is 6.61 Å². The fourth-order valence-corrected chi connectivity index (χ4v) is 4.89. The molecule has 0 aromatic heterocycles. The molecule has 1 aliphatic rings. The van der Waals surface area contributed by atoms with Gasteiger partial charge >= 0.3 is 0 Å². The molecular formula is C30H35ClO3. The highest BCUT2D eigenvalue weighted by Gasteiger charge is 2.41. The van der Waals surface area contributed by atoms with Crippen molar-refractivity contribution in [3.05, 3.63) is 100 Å². The van der Waals surface area contributed by atoms with Crippen LogP contribution in [-0.2, 0) is 22.5 Å². The van der Waals surface area contributed by atoms with Crippen LogP contribution >= 0.6 is 11.6 Å². The lowest BCUT2D eigenvalue weighted by Crippen LogP contribution is -2.45. The van der Waals surface area contributed by atoms with Gasteiger partial charge in [0.25, 0.3) is 0 Å². The Kier molecular flexibility index (Phi) is 8.31. The lowest BCUT2D eigenvalue weighted by Gasteiger charge is -2.44. The molecule has 0 amide bonds. The molecular weight excluding hydrogens is 444 g/mol. The van der Waals surface area contributed by atoms with Crippen LogP contribution in [0.5, 0.6) is 5.75 Å². The lowest BCUT2D eigenvalue weighted by atomic mass is 9.79. The van der Waals surface area contributed by atoms with Gasteiger partial charge < -0.3 is 14.2 Å². The summed E-state index contributed by atoms with van der Waals surface area (Å²) in [5.74, 6) is 1.66. The Morgan fingerprint density at radius 3 is 2.29 bits per heavy atom. The van der Waals surface area contributed by atoms with Gasteiger partial charge in [-0.15, -0.1) is 0 Å². The molecule has 4 heteroatoms. The molecule has 3 nitrogen and oxygen atoms in total. The van der Waals surface area contributed by atoms with Crippen molar-refractivity contribution < 1.29 is 14.2 Å². The van der Waals surface area contributed by atoms with E-state index < -0.39 is 0 Å². The number of ether oxygens (including phenoxy) is 3. The first kappa shape index (κ1) is 24.8. The molecule has 3 aromatic carbocycles. The van der Waals surface area contributed by atoms with Crippen molar-refractivity contribution in [2.24, 2.45) is 11.8 Å². The molecule has 0 N–H and O–H groups in total. The summed E-state index contributed by atoms with van der Waals surface area (Å²) in [7, 11) is 0. The van der Waals surface area contributed by atoms with Crippen LogP contribution in [0.1, 0.15) is 56.1 Å². The van der Waals surface area contributed by atoms with Gasteiger partial charge in [0.15, 0.2) is 0 Å². The Morgan fingerprint density at radius 2 is 1.59 bits per heavy atom. The minimum atomic E-state index is -0.138. The molecule has 0 bridgehead atoms. The van der Waals surface area contributed by atoms with Crippen LogP contribution in [0.25, 0.3) is 0 Å². The number of rotatable bonds is 8. The van der Waals surface area contributed by atoms with Gasteiger partial charge in [0, 0.05) is 5.02 Å². The molecule has 1 fully saturated rings. The first-order chi connectivity index (χ1) is 16.5. The van der Waals surface area contributed by atoms with E-state index >= 15 is 0 Å². The van der Waals surface area contributed by atoms with E-state index in [1.807, 2.05) is 43.3 Å². The maximum atomic E-state index is 6.63. The number of hydrogen-bond donors (Lipinski definition) is 0. The summed E-state index contributed by atoms with van der Waals surface area (Å²) in [5.41, 5.74) is 4.58. The van der Waals surface area contributed by atoms with Crippen molar-refractivity contribution in [3.63, 3.8) is 0 Å². The topological polar surface area (TPSA) is 27.7 Å². The van der Waals surface area contributed by atoms with Crippen molar-refractivity contribution in [1.82, 2.24) is 0 Å². The standard InChI is InChI=1S/C30H35ClO3/c1-5-32-27-14-11-23(12-15-27)17-26-18-25(13-16-28(26)31)30-29(21(3)20(2)22(4)34-30)33-19-24-9-7-6-8-10-24/h6-16,18,20-22,29-30H,5,17,19H2,1-4H3. The second kappa shape index (κ2) is 11.4. The van der Waals surface area contributed by atoms with E-state index in [4.69, 9.17) is 25.8 Å². The van der Waals surface area contributed by atoms with E-state index in [0.29, 0.717) is 25.0 Å². The molecule has 34 heavy (non-hydrogen) atoms. The summed E-state index contributed by atoms with van der Waals surface area (Å²) < 4.78 is 18.7. The highest BCUT2D eigenvalue weighted by Crippen LogP contribution is 2.41. The van der Waals surface area contributed by atoms with E-state index in [9.17, 15) is 0 Å². The molecule has 180 valence electrons. The van der Waals surface area contributed by atoms with Gasteiger partial charge in [-0.2, -0.15) is 0 Å². The van der Waals surface area contributed by atoms with Gasteiger partial charge in [0.05, 0.1) is 25.4 Å². The third-order valence-corrected chi connectivity index (χ3v) is 7.43. The van der Waals surface area contributed by atoms with Crippen molar-refractivity contribution in [2.45, 2.75) is 59.0 Å². The van der Waals surface area contributed by atoms with Gasteiger partial charge in [0.1, 0.15) is 11.9 Å². The Balaban J connectivity index is 1.57. The molecule has 0 radical (unpaired) electrons. The van der Waals surface area contributed by atoms with Crippen molar-refractivity contribution in [3.8, 4) is 5.75 Å². The Morgan fingerprint density at radius 1 is 0.853 bits per heavy atom. The SMILES string of the molecule is CCOc1ccc(Cc2cc(C3OC(C)C(C)C(C)C3OCc3ccccc3)ccc2Cl)cc1. The van der Waals surface area contributed by atoms with Gasteiger partial charge in [-0.05, 0) is 72.6 Å². The van der Waals surface area contributed by atoms with E-state index in [2.05, 4.69) is 57.2 Å². The summed E-state index contributed by atoms with van der Waals surface area (Å²) in [6, 6.07) is 24.8. The molecule has 1 aliphatic heterocycles. The highest BCUT2D eigenvalue weighted by atomic mass is 35.5. The maximum Gasteiger partial charge on any atom is 0.119 e. The molecule has 4 rings (SSSR count). The minimum Gasteiger partial charge on any atom is -0.494 e. The largest absolute Gasteiger partial charge is 0.494 e. The van der Waals surface area contributed by atoms with Crippen LogP contribution in [0, 0.1) is 11.8 Å². The van der Waals surface area contributed by atoms with Gasteiger partial charge in [-0.25, -0.2) is 0 Å². The Labute approximate surface area is 209 Å². The van der Waals surface area contributed by atoms with Crippen LogP contribution < -0.4 is 4.74 Å². The average Bonchev–Trinajstić information content (AvgIpc) is 2.85. The second-order valence-corrected chi connectivity index (χ2v) is 9.75. The first-order valence-corrected chi connectivity index (χ1v) is 12.6. The minimum absolute atomic E-state index is 0.0362. The van der Waals surface area contributed by atoms with Crippen LogP contribution in [0.4, 0.5) is 0 Å². The molecule has 1 heterocycles. The third kappa shape index (κ3) is 5.83. The van der Waals surface area contributed by atoms with Crippen LogP contribution in [-0.4, -0.2) is 18.8 Å². The molecule has 0 aliphatic carbocycles. The van der Waals surface area contributed by atoms with Crippen molar-refractivity contribution in [1.29, 1.82) is 0 Å². The predicted molar refractivity (Wildman–Crippen MR) is 139 cm³/mol. The Bertz CT molecular complexity index is 1050. The zero-order valence-electron chi connectivity index (χ0n) is 20.5. The second-order valence-electron chi connectivity index (χ2n) is 9.35. The van der Waals surface area contributed by atoms with E-state index in [1.165, 1.54) is 11.1 Å². The number of hydrogen-bond acceptors (Lipinski definition) is 3. The number of halogens is 1. The van der Waals surface area contributed by atoms with Gasteiger partial charge in [0.2, 0.25) is 0 Å². The molecule has 5 atom stereocenters. The van der Waals surface area contributed by atoms with E-state index in [0.717, 1.165) is 28.3 Å². The smallest absolute Gasteiger partial charge is 0.119 e. The van der Waals surface area contributed by atoms with E-state index in [-0.39, 0.29) is 18.3 Å². The summed E-state index contributed by atoms with van der Waals surface area (Å²) in [6.07, 6.45) is 0.733. The summed E-state index contributed by atoms with van der Waals surface area (Å²) in [6.45, 7) is 9.93. The molecule has 5 unspecified atom stereocenters. The average molecular weight is 479 g/mol.